The Balaban J connectivity index is 2.74. The van der Waals surface area contributed by atoms with Crippen molar-refractivity contribution in [1.29, 1.82) is 0 Å². The van der Waals surface area contributed by atoms with Crippen LogP contribution in [0, 0.1) is 0 Å². The summed E-state index contributed by atoms with van der Waals surface area (Å²) in [6.07, 6.45) is -0.691. The van der Waals surface area contributed by atoms with Crippen LogP contribution in [0.2, 0.25) is 0 Å². The Morgan fingerprint density at radius 3 is 2.62 bits per heavy atom. The van der Waals surface area contributed by atoms with Crippen LogP contribution in [0.15, 0.2) is 11.3 Å². The van der Waals surface area contributed by atoms with Crippen LogP contribution < -0.4 is 10.8 Å². The van der Waals surface area contributed by atoms with Crippen molar-refractivity contribution in [3.05, 3.63) is 11.3 Å². The highest BCUT2D eigenvalue weighted by Gasteiger charge is 2.27. The summed E-state index contributed by atoms with van der Waals surface area (Å²) in [6, 6.07) is 0. The smallest absolute Gasteiger partial charge is 0.354 e. The van der Waals surface area contributed by atoms with Gasteiger partial charge in [-0.2, -0.15) is 0 Å². The van der Waals surface area contributed by atoms with Crippen LogP contribution in [-0.2, 0) is 14.4 Å². The minimum absolute atomic E-state index is 0.0289. The molecule has 0 aromatic carbocycles. The first-order valence-corrected chi connectivity index (χ1v) is 3.65. The highest BCUT2D eigenvalue weighted by molar-refractivity contribution is 5.87. The highest BCUT2D eigenvalue weighted by Crippen LogP contribution is 2.14. The molecule has 6 heteroatoms. The standard InChI is InChI=1S/C7H10N2O4/c1-3-5(7(11)12)9-13-6(3)8-4(2)10/h6,9H,1-2H3,(H,8,10)(H,11,12). The van der Waals surface area contributed by atoms with Gasteiger partial charge in [-0.1, -0.05) is 0 Å². The highest BCUT2D eigenvalue weighted by atomic mass is 16.7. The van der Waals surface area contributed by atoms with Crippen molar-refractivity contribution in [1.82, 2.24) is 10.8 Å². The van der Waals surface area contributed by atoms with E-state index >= 15 is 0 Å². The van der Waals surface area contributed by atoms with Gasteiger partial charge < -0.3 is 10.4 Å². The summed E-state index contributed by atoms with van der Waals surface area (Å²) in [5.41, 5.74) is 2.64. The minimum Gasteiger partial charge on any atom is -0.477 e. The fourth-order valence-corrected chi connectivity index (χ4v) is 0.952. The first-order valence-electron chi connectivity index (χ1n) is 3.65. The predicted molar refractivity (Wildman–Crippen MR) is 42.2 cm³/mol. The summed E-state index contributed by atoms with van der Waals surface area (Å²) >= 11 is 0. The molecule has 0 bridgehead atoms. The molecule has 0 fully saturated rings. The van der Waals surface area contributed by atoms with Gasteiger partial charge in [0.2, 0.25) is 5.91 Å². The molecule has 6 nitrogen and oxygen atoms in total. The Hall–Kier alpha value is -1.56. The summed E-state index contributed by atoms with van der Waals surface area (Å²) in [5, 5.41) is 11.1. The van der Waals surface area contributed by atoms with Crippen LogP contribution in [0.5, 0.6) is 0 Å². The number of nitrogens with one attached hydrogen (secondary N) is 2. The van der Waals surface area contributed by atoms with Gasteiger partial charge >= 0.3 is 5.97 Å². The van der Waals surface area contributed by atoms with Gasteiger partial charge in [0.25, 0.3) is 0 Å². The third-order valence-corrected chi connectivity index (χ3v) is 1.61. The number of hydrogen-bond donors (Lipinski definition) is 3. The summed E-state index contributed by atoms with van der Waals surface area (Å²) in [7, 11) is 0. The molecule has 13 heavy (non-hydrogen) atoms. The van der Waals surface area contributed by atoms with Gasteiger partial charge in [-0.25, -0.2) is 9.63 Å². The number of hydrogen-bond acceptors (Lipinski definition) is 4. The van der Waals surface area contributed by atoms with Gasteiger partial charge in [-0.15, -0.1) is 0 Å². The number of amides is 1. The second kappa shape index (κ2) is 3.44. The van der Waals surface area contributed by atoms with Crippen LogP contribution in [0.25, 0.3) is 0 Å². The van der Waals surface area contributed by atoms with Crippen molar-refractivity contribution in [3.63, 3.8) is 0 Å². The van der Waals surface area contributed by atoms with Crippen molar-refractivity contribution in [2.75, 3.05) is 0 Å². The lowest BCUT2D eigenvalue weighted by Gasteiger charge is -2.09. The van der Waals surface area contributed by atoms with E-state index in [1.54, 1.807) is 6.92 Å². The van der Waals surface area contributed by atoms with Gasteiger partial charge in [-0.05, 0) is 6.92 Å². The van der Waals surface area contributed by atoms with E-state index in [1.807, 2.05) is 0 Å². The van der Waals surface area contributed by atoms with Crippen LogP contribution in [-0.4, -0.2) is 23.2 Å². The molecule has 3 N–H and O–H groups in total. The van der Waals surface area contributed by atoms with Crippen molar-refractivity contribution < 1.29 is 19.5 Å². The Labute approximate surface area is 74.5 Å². The van der Waals surface area contributed by atoms with E-state index in [2.05, 4.69) is 10.8 Å². The number of carboxylic acid groups (broad SMARTS) is 1. The number of carbonyl (C=O) groups excluding carboxylic acids is 1. The largest absolute Gasteiger partial charge is 0.477 e. The van der Waals surface area contributed by atoms with E-state index in [-0.39, 0.29) is 11.6 Å². The number of carboxylic acids is 1. The van der Waals surface area contributed by atoms with Gasteiger partial charge in [-0.3, -0.25) is 10.3 Å². The average Bonchev–Trinajstić information content (AvgIpc) is 2.32. The number of aliphatic carboxylic acids is 1. The quantitative estimate of drug-likeness (QED) is 0.533. The van der Waals surface area contributed by atoms with Crippen molar-refractivity contribution in [2.45, 2.75) is 20.1 Å². The van der Waals surface area contributed by atoms with Crippen LogP contribution in [0.4, 0.5) is 0 Å². The number of hydroxylamine groups is 1. The second-order valence-corrected chi connectivity index (χ2v) is 2.66. The molecule has 1 atom stereocenters. The van der Waals surface area contributed by atoms with Crippen LogP contribution in [0.3, 0.4) is 0 Å². The maximum Gasteiger partial charge on any atom is 0.354 e. The predicted octanol–water partition coefficient (Wildman–Crippen LogP) is -0.658. The second-order valence-electron chi connectivity index (χ2n) is 2.66. The van der Waals surface area contributed by atoms with Crippen LogP contribution >= 0.6 is 0 Å². The lowest BCUT2D eigenvalue weighted by molar-refractivity contribution is -0.134. The van der Waals surface area contributed by atoms with Crippen molar-refractivity contribution in [2.24, 2.45) is 0 Å². The molecular formula is C7H10N2O4. The number of carbonyl (C=O) groups is 2. The van der Waals surface area contributed by atoms with Gasteiger partial charge in [0.05, 0.1) is 0 Å². The SMILES string of the molecule is CC(=O)NC1ONC(C(=O)O)=C1C. The topological polar surface area (TPSA) is 87.7 Å². The fourth-order valence-electron chi connectivity index (χ4n) is 0.952. The zero-order valence-corrected chi connectivity index (χ0v) is 7.25. The molecule has 1 unspecified atom stereocenters. The first kappa shape index (κ1) is 9.53. The molecule has 0 aliphatic carbocycles. The van der Waals surface area contributed by atoms with E-state index in [0.29, 0.717) is 5.57 Å². The molecule has 1 aliphatic heterocycles. The normalized spacial score (nSPS) is 21.2. The molecule has 0 saturated heterocycles. The molecule has 0 spiro atoms. The summed E-state index contributed by atoms with van der Waals surface area (Å²) < 4.78 is 0. The van der Waals surface area contributed by atoms with Gasteiger partial charge in [0.1, 0.15) is 5.70 Å². The molecule has 0 saturated carbocycles. The van der Waals surface area contributed by atoms with Gasteiger partial charge in [0, 0.05) is 12.5 Å². The number of rotatable bonds is 2. The van der Waals surface area contributed by atoms with Gasteiger partial charge in [0.15, 0.2) is 6.23 Å². The Kier molecular flexibility index (Phi) is 2.52. The molecule has 0 aromatic heterocycles. The Morgan fingerprint density at radius 2 is 2.23 bits per heavy atom. The molecule has 1 aliphatic rings. The third-order valence-electron chi connectivity index (χ3n) is 1.61. The summed E-state index contributed by atoms with van der Waals surface area (Å²) in [4.78, 5) is 26.0. The molecule has 1 rings (SSSR count). The molecule has 0 radical (unpaired) electrons. The molecule has 1 amide bonds. The van der Waals surface area contributed by atoms with E-state index in [4.69, 9.17) is 9.94 Å². The first-order chi connectivity index (χ1) is 6.02. The maximum absolute atomic E-state index is 10.6. The monoisotopic (exact) mass is 186 g/mol. The molecular weight excluding hydrogens is 176 g/mol. The summed E-state index contributed by atoms with van der Waals surface area (Å²) in [5.74, 6) is -1.39. The molecule has 72 valence electrons. The van der Waals surface area contributed by atoms with E-state index < -0.39 is 12.2 Å². The van der Waals surface area contributed by atoms with Crippen molar-refractivity contribution >= 4 is 11.9 Å². The summed E-state index contributed by atoms with van der Waals surface area (Å²) in [6.45, 7) is 2.90. The third kappa shape index (κ3) is 1.97. The minimum atomic E-state index is -1.11. The van der Waals surface area contributed by atoms with E-state index in [1.165, 1.54) is 6.92 Å². The lowest BCUT2D eigenvalue weighted by Crippen LogP contribution is -2.34. The van der Waals surface area contributed by atoms with E-state index in [0.717, 1.165) is 0 Å². The van der Waals surface area contributed by atoms with E-state index in [9.17, 15) is 9.59 Å². The average molecular weight is 186 g/mol. The fraction of sp³-hybridized carbons (Fsp3) is 0.429. The zero-order valence-electron chi connectivity index (χ0n) is 7.25. The molecule has 0 aromatic rings. The van der Waals surface area contributed by atoms with Crippen LogP contribution in [0.1, 0.15) is 13.8 Å². The molecule has 1 heterocycles. The zero-order chi connectivity index (χ0) is 10.0. The Bertz CT molecular complexity index is 284. The Morgan fingerprint density at radius 1 is 1.62 bits per heavy atom. The maximum atomic E-state index is 10.6. The van der Waals surface area contributed by atoms with Crippen molar-refractivity contribution in [3.8, 4) is 0 Å². The lowest BCUT2D eigenvalue weighted by atomic mass is 10.2.